The van der Waals surface area contributed by atoms with Gasteiger partial charge in [-0.15, -0.1) is 11.8 Å². The van der Waals surface area contributed by atoms with Crippen LogP contribution in [0.4, 0.5) is 5.82 Å². The van der Waals surface area contributed by atoms with Gasteiger partial charge in [-0.2, -0.15) is 5.10 Å². The zero-order valence-electron chi connectivity index (χ0n) is 23.6. The van der Waals surface area contributed by atoms with Crippen LogP contribution in [0.15, 0.2) is 35.4 Å². The van der Waals surface area contributed by atoms with Crippen LogP contribution in [-0.4, -0.2) is 77.8 Å². The Kier molecular flexibility index (Phi) is 11.4. The molecule has 37 heavy (non-hydrogen) atoms. The van der Waals surface area contributed by atoms with Crippen LogP contribution < -0.4 is 4.90 Å². The Morgan fingerprint density at radius 3 is 2.43 bits per heavy atom. The Morgan fingerprint density at radius 1 is 1.11 bits per heavy atom. The third-order valence-corrected chi connectivity index (χ3v) is 6.78. The Balaban J connectivity index is 0.000000325. The zero-order chi connectivity index (χ0) is 26.8. The predicted octanol–water partition coefficient (Wildman–Crippen LogP) is 6.23. The second-order valence-corrected chi connectivity index (χ2v) is 11.2. The van der Waals surface area contributed by atoms with Crippen LogP contribution >= 0.6 is 11.8 Å². The second-order valence-electron chi connectivity index (χ2n) is 10.3. The summed E-state index contributed by atoms with van der Waals surface area (Å²) in [6, 6.07) is 6.09. The number of nitrogens with zero attached hydrogens (tertiary/aromatic N) is 5. The van der Waals surface area contributed by atoms with Crippen molar-refractivity contribution in [3.8, 4) is 11.4 Å². The summed E-state index contributed by atoms with van der Waals surface area (Å²) in [6.07, 6.45) is 9.15. The van der Waals surface area contributed by atoms with Gasteiger partial charge in [-0.3, -0.25) is 5.10 Å². The van der Waals surface area contributed by atoms with Crippen molar-refractivity contribution in [2.45, 2.75) is 45.9 Å². The molecule has 202 valence electrons. The van der Waals surface area contributed by atoms with Crippen LogP contribution in [0.3, 0.4) is 0 Å². The molecule has 0 unspecified atom stereocenters. The fourth-order valence-corrected chi connectivity index (χ4v) is 5.27. The number of benzene rings is 1. The highest BCUT2D eigenvalue weighted by molar-refractivity contribution is 7.98. The predicted molar refractivity (Wildman–Crippen MR) is 158 cm³/mol. The van der Waals surface area contributed by atoms with E-state index in [2.05, 4.69) is 86.1 Å². The van der Waals surface area contributed by atoms with Crippen LogP contribution in [0, 0.1) is 11.8 Å². The van der Waals surface area contributed by atoms with E-state index in [1.54, 1.807) is 11.8 Å². The van der Waals surface area contributed by atoms with Crippen LogP contribution in [0.5, 0.6) is 0 Å². The molecule has 8 heteroatoms. The highest BCUT2D eigenvalue weighted by atomic mass is 32.2. The maximum Gasteiger partial charge on any atom is 0.162 e. The van der Waals surface area contributed by atoms with Crippen molar-refractivity contribution in [2.24, 2.45) is 11.8 Å². The largest absolute Gasteiger partial charge is 0.378 e. The lowest BCUT2D eigenvalue weighted by Gasteiger charge is -2.30. The summed E-state index contributed by atoms with van der Waals surface area (Å²) in [6.45, 7) is 16.8. The Morgan fingerprint density at radius 2 is 1.81 bits per heavy atom. The standard InChI is InChI=1S/C20H23N5OS.C9H21N/c1-3-4-7-17-18(27-2)20(25-9-11-26-12-10-25)23-19(22-17)14-6-5-8-16-15(14)13-21-24-16;1-8(2)6-10(5)7-9(3)4/h4-8,13H,3,9-12H2,1-2H3,(H,21,24);8-9H,6-7H2,1-5H3/b7-4+;. The van der Waals surface area contributed by atoms with Crippen molar-refractivity contribution in [3.05, 3.63) is 36.2 Å². The third-order valence-electron chi connectivity index (χ3n) is 5.98. The fourth-order valence-electron chi connectivity index (χ4n) is 4.59. The SMILES string of the molecule is CC(C)CN(C)CC(C)C.CC/C=C/c1nc(-c2cccc3[nH]ncc23)nc(N2CCOCC2)c1SC. The van der Waals surface area contributed by atoms with Crippen molar-refractivity contribution >= 4 is 34.6 Å². The first-order valence-electron chi connectivity index (χ1n) is 13.4. The van der Waals surface area contributed by atoms with Gasteiger partial charge in [0.15, 0.2) is 5.82 Å². The van der Waals surface area contributed by atoms with E-state index in [1.165, 1.54) is 13.1 Å². The minimum absolute atomic E-state index is 0.727. The van der Waals surface area contributed by atoms with Gasteiger partial charge in [0.2, 0.25) is 0 Å². The first kappa shape index (κ1) is 29.1. The zero-order valence-corrected chi connectivity index (χ0v) is 24.4. The van der Waals surface area contributed by atoms with Gasteiger partial charge in [0.05, 0.1) is 35.5 Å². The average molecular weight is 525 g/mol. The quantitative estimate of drug-likeness (QED) is 0.333. The number of thioether (sulfide) groups is 1. The van der Waals surface area contributed by atoms with E-state index in [-0.39, 0.29) is 0 Å². The monoisotopic (exact) mass is 524 g/mol. The molecule has 0 spiro atoms. The van der Waals surface area contributed by atoms with E-state index in [0.717, 1.165) is 83.3 Å². The maximum absolute atomic E-state index is 5.53. The molecule has 1 saturated heterocycles. The molecule has 0 amide bonds. The van der Waals surface area contributed by atoms with Crippen molar-refractivity contribution in [1.82, 2.24) is 25.1 Å². The molecule has 0 radical (unpaired) electrons. The highest BCUT2D eigenvalue weighted by Crippen LogP contribution is 2.35. The number of anilines is 1. The summed E-state index contributed by atoms with van der Waals surface area (Å²) in [5.74, 6) is 3.32. The van der Waals surface area contributed by atoms with Gasteiger partial charge in [-0.1, -0.05) is 52.8 Å². The third kappa shape index (κ3) is 8.28. The summed E-state index contributed by atoms with van der Waals surface area (Å²) in [7, 11) is 2.19. The lowest BCUT2D eigenvalue weighted by Crippen LogP contribution is -2.37. The fraction of sp³-hybridized carbons (Fsp3) is 0.552. The average Bonchev–Trinajstić information content (AvgIpc) is 3.36. The number of H-pyrrole nitrogens is 1. The number of rotatable bonds is 9. The number of nitrogens with one attached hydrogen (secondary N) is 1. The molecule has 0 bridgehead atoms. The molecule has 3 heterocycles. The van der Waals surface area contributed by atoms with Gasteiger partial charge in [0, 0.05) is 37.1 Å². The highest BCUT2D eigenvalue weighted by Gasteiger charge is 2.21. The van der Waals surface area contributed by atoms with E-state index in [1.807, 2.05) is 18.3 Å². The molecule has 4 rings (SSSR count). The molecule has 1 N–H and O–H groups in total. The second kappa shape index (κ2) is 14.5. The number of aromatic amines is 1. The first-order valence-corrected chi connectivity index (χ1v) is 14.6. The smallest absolute Gasteiger partial charge is 0.162 e. The number of ether oxygens (including phenoxy) is 1. The van der Waals surface area contributed by atoms with Gasteiger partial charge >= 0.3 is 0 Å². The van der Waals surface area contributed by atoms with Crippen LogP contribution in [0.1, 0.15) is 46.7 Å². The number of hydrogen-bond donors (Lipinski definition) is 1. The van der Waals surface area contributed by atoms with Gasteiger partial charge < -0.3 is 14.5 Å². The van der Waals surface area contributed by atoms with E-state index in [4.69, 9.17) is 14.7 Å². The molecule has 0 aliphatic carbocycles. The lowest BCUT2D eigenvalue weighted by atomic mass is 10.1. The molecule has 3 aromatic rings. The summed E-state index contributed by atoms with van der Waals surface area (Å²) in [4.78, 5) is 15.7. The van der Waals surface area contributed by atoms with Crippen molar-refractivity contribution in [1.29, 1.82) is 0 Å². The molecule has 2 aromatic heterocycles. The Bertz CT molecular complexity index is 1130. The van der Waals surface area contributed by atoms with Crippen LogP contribution in [-0.2, 0) is 4.74 Å². The topological polar surface area (TPSA) is 70.2 Å². The number of hydrogen-bond acceptors (Lipinski definition) is 7. The van der Waals surface area contributed by atoms with E-state index in [0.29, 0.717) is 0 Å². The lowest BCUT2D eigenvalue weighted by molar-refractivity contribution is 0.122. The van der Waals surface area contributed by atoms with Crippen LogP contribution in [0.25, 0.3) is 28.4 Å². The Labute approximate surface area is 227 Å². The molecule has 1 aliphatic rings. The van der Waals surface area contributed by atoms with Gasteiger partial charge in [0.25, 0.3) is 0 Å². The minimum Gasteiger partial charge on any atom is -0.378 e. The minimum atomic E-state index is 0.727. The van der Waals surface area contributed by atoms with Gasteiger partial charge in [-0.25, -0.2) is 9.97 Å². The summed E-state index contributed by atoms with van der Waals surface area (Å²) in [5.41, 5.74) is 2.95. The van der Waals surface area contributed by atoms with Crippen molar-refractivity contribution in [3.63, 3.8) is 0 Å². The number of aromatic nitrogens is 4. The number of allylic oxidation sites excluding steroid dienone is 1. The van der Waals surface area contributed by atoms with Gasteiger partial charge in [-0.05, 0) is 43.7 Å². The molecular formula is C29H44N6OS. The van der Waals surface area contributed by atoms with Gasteiger partial charge in [0.1, 0.15) is 5.82 Å². The summed E-state index contributed by atoms with van der Waals surface area (Å²) < 4.78 is 5.53. The number of morpholine rings is 1. The molecular weight excluding hydrogens is 480 g/mol. The summed E-state index contributed by atoms with van der Waals surface area (Å²) in [5, 5.41) is 8.24. The Hall–Kier alpha value is -2.42. The van der Waals surface area contributed by atoms with Crippen LogP contribution in [0.2, 0.25) is 0 Å². The normalized spacial score (nSPS) is 14.3. The van der Waals surface area contributed by atoms with E-state index in [9.17, 15) is 0 Å². The molecule has 1 aromatic carbocycles. The molecule has 1 aliphatic heterocycles. The number of fused-ring (bicyclic) bond motifs is 1. The molecule has 1 fully saturated rings. The van der Waals surface area contributed by atoms with E-state index < -0.39 is 0 Å². The maximum atomic E-state index is 5.53. The first-order chi connectivity index (χ1) is 17.8. The van der Waals surface area contributed by atoms with E-state index >= 15 is 0 Å². The van der Waals surface area contributed by atoms with Crippen molar-refractivity contribution in [2.75, 3.05) is 57.6 Å². The summed E-state index contributed by atoms with van der Waals surface area (Å²) >= 11 is 1.70. The molecule has 0 saturated carbocycles. The molecule has 7 nitrogen and oxygen atoms in total. The molecule has 0 atom stereocenters. The van der Waals surface area contributed by atoms with Crippen molar-refractivity contribution < 1.29 is 4.74 Å².